The van der Waals surface area contributed by atoms with Crippen molar-refractivity contribution in [3.63, 3.8) is 0 Å². The number of aromatic nitrogens is 1. The van der Waals surface area contributed by atoms with Gasteiger partial charge in [-0.15, -0.1) is 0 Å². The highest BCUT2D eigenvalue weighted by atomic mass is 16.5. The standard InChI is InChI=1S/C21H22N2O4/c1-14(20(24)26-2)19-17(16-8-4-5-9-18(16)22-19)10-12-23-11-6-7-15(13-23)21(25)27-3/h4-9,13,22H,1,10-12H2,2-3H3/i11D2. The molecule has 1 N–H and O–H groups in total. The van der Waals surface area contributed by atoms with Crippen molar-refractivity contribution in [2.24, 2.45) is 0 Å². The molecular weight excluding hydrogens is 344 g/mol. The van der Waals surface area contributed by atoms with Gasteiger partial charge >= 0.3 is 11.9 Å². The average Bonchev–Trinajstić information content (AvgIpc) is 3.09. The van der Waals surface area contributed by atoms with Gasteiger partial charge < -0.3 is 19.4 Å². The largest absolute Gasteiger partial charge is 0.465 e. The predicted octanol–water partition coefficient (Wildman–Crippen LogP) is 2.83. The Hall–Kier alpha value is -3.28. The first-order valence-corrected chi connectivity index (χ1v) is 8.41. The molecule has 0 bridgehead atoms. The lowest BCUT2D eigenvalue weighted by Gasteiger charge is -2.22. The molecule has 0 radical (unpaired) electrons. The number of carbonyl (C=O) groups excluding carboxylic acids is 2. The predicted molar refractivity (Wildman–Crippen MR) is 104 cm³/mol. The zero-order valence-corrected chi connectivity index (χ0v) is 15.2. The number of esters is 2. The molecule has 6 nitrogen and oxygen atoms in total. The Bertz CT molecular complexity index is 1040. The van der Waals surface area contributed by atoms with E-state index in [4.69, 9.17) is 12.2 Å². The molecule has 1 aliphatic heterocycles. The lowest BCUT2D eigenvalue weighted by atomic mass is 10.0. The Labute approximate surface area is 160 Å². The Morgan fingerprint density at radius 3 is 2.81 bits per heavy atom. The monoisotopic (exact) mass is 368 g/mol. The van der Waals surface area contributed by atoms with Crippen molar-refractivity contribution in [1.29, 1.82) is 0 Å². The molecule has 6 heteroatoms. The van der Waals surface area contributed by atoms with Gasteiger partial charge in [0, 0.05) is 30.1 Å². The Morgan fingerprint density at radius 2 is 2.07 bits per heavy atom. The summed E-state index contributed by atoms with van der Waals surface area (Å²) in [5.41, 5.74) is 2.69. The Morgan fingerprint density at radius 1 is 1.30 bits per heavy atom. The van der Waals surface area contributed by atoms with Gasteiger partial charge in [-0.1, -0.05) is 30.9 Å². The summed E-state index contributed by atoms with van der Waals surface area (Å²) >= 11 is 0. The quantitative estimate of drug-likeness (QED) is 0.627. The number of carbonyl (C=O) groups is 2. The van der Waals surface area contributed by atoms with Gasteiger partial charge in [0.2, 0.25) is 0 Å². The third-order valence-corrected chi connectivity index (χ3v) is 4.37. The molecular formula is C21H22N2O4. The van der Waals surface area contributed by atoms with Crippen LogP contribution in [0.3, 0.4) is 0 Å². The molecule has 0 amide bonds. The van der Waals surface area contributed by atoms with E-state index >= 15 is 0 Å². The summed E-state index contributed by atoms with van der Waals surface area (Å²) < 4.78 is 25.9. The third kappa shape index (κ3) is 3.79. The van der Waals surface area contributed by atoms with Crippen LogP contribution in [0.15, 0.2) is 54.8 Å². The number of para-hydroxylation sites is 1. The summed E-state index contributed by atoms with van der Waals surface area (Å²) in [6.45, 7) is 2.35. The summed E-state index contributed by atoms with van der Waals surface area (Å²) in [5, 5.41) is 0.915. The highest BCUT2D eigenvalue weighted by Crippen LogP contribution is 2.28. The molecule has 2 heterocycles. The van der Waals surface area contributed by atoms with Crippen LogP contribution >= 0.6 is 0 Å². The van der Waals surface area contributed by atoms with E-state index in [-0.39, 0.29) is 17.7 Å². The van der Waals surface area contributed by atoms with Crippen molar-refractivity contribution in [3.8, 4) is 0 Å². The van der Waals surface area contributed by atoms with Crippen LogP contribution < -0.4 is 0 Å². The molecule has 1 aliphatic rings. The van der Waals surface area contributed by atoms with Crippen molar-refractivity contribution in [2.45, 2.75) is 6.42 Å². The van der Waals surface area contributed by atoms with E-state index in [0.29, 0.717) is 12.1 Å². The molecule has 0 spiro atoms. The molecule has 0 aliphatic carbocycles. The van der Waals surface area contributed by atoms with E-state index < -0.39 is 18.4 Å². The number of benzene rings is 1. The summed E-state index contributed by atoms with van der Waals surface area (Å²) in [7, 11) is 2.57. The second-order valence-corrected chi connectivity index (χ2v) is 5.98. The first-order chi connectivity index (χ1) is 13.8. The molecule has 27 heavy (non-hydrogen) atoms. The molecule has 0 saturated carbocycles. The van der Waals surface area contributed by atoms with Crippen LogP contribution in [0, 0.1) is 0 Å². The van der Waals surface area contributed by atoms with Crippen LogP contribution in [0.2, 0.25) is 0 Å². The van der Waals surface area contributed by atoms with Crippen LogP contribution in [0.1, 0.15) is 14.0 Å². The van der Waals surface area contributed by atoms with Gasteiger partial charge in [-0.05, 0) is 24.1 Å². The topological polar surface area (TPSA) is 71.6 Å². The number of ether oxygens (including phenoxy) is 2. The van der Waals surface area contributed by atoms with Crippen molar-refractivity contribution < 1.29 is 21.8 Å². The maximum Gasteiger partial charge on any atom is 0.339 e. The number of hydrogen-bond acceptors (Lipinski definition) is 5. The molecule has 1 aromatic carbocycles. The van der Waals surface area contributed by atoms with E-state index in [2.05, 4.69) is 11.6 Å². The summed E-state index contributed by atoms with van der Waals surface area (Å²) in [6.07, 6.45) is 4.60. The van der Waals surface area contributed by atoms with Crippen LogP contribution in [0.5, 0.6) is 0 Å². The van der Waals surface area contributed by atoms with Gasteiger partial charge in [-0.25, -0.2) is 9.59 Å². The fourth-order valence-electron chi connectivity index (χ4n) is 3.01. The zero-order chi connectivity index (χ0) is 21.2. The van der Waals surface area contributed by atoms with E-state index in [1.165, 1.54) is 37.5 Å². The van der Waals surface area contributed by atoms with Crippen molar-refractivity contribution in [1.82, 2.24) is 9.88 Å². The van der Waals surface area contributed by atoms with Gasteiger partial charge in [-0.2, -0.15) is 0 Å². The summed E-state index contributed by atoms with van der Waals surface area (Å²) in [5.74, 6) is -1.07. The lowest BCUT2D eigenvalue weighted by Crippen LogP contribution is -2.25. The smallest absolute Gasteiger partial charge is 0.339 e. The van der Waals surface area contributed by atoms with Gasteiger partial charge in [0.25, 0.3) is 0 Å². The van der Waals surface area contributed by atoms with Crippen LogP contribution in [-0.4, -0.2) is 49.1 Å². The number of methoxy groups -OCH3 is 2. The Balaban J connectivity index is 1.94. The highest BCUT2D eigenvalue weighted by molar-refractivity contribution is 6.16. The van der Waals surface area contributed by atoms with Crippen molar-refractivity contribution in [2.75, 3.05) is 27.3 Å². The lowest BCUT2D eigenvalue weighted by molar-refractivity contribution is -0.136. The second kappa shape index (κ2) is 7.95. The van der Waals surface area contributed by atoms with E-state index in [0.717, 1.165) is 16.5 Å². The Kier molecular flexibility index (Phi) is 4.69. The highest BCUT2D eigenvalue weighted by Gasteiger charge is 2.20. The fraction of sp³-hybridized carbons (Fsp3) is 0.238. The molecule has 140 valence electrons. The number of fused-ring (bicyclic) bond motifs is 1. The number of aromatic amines is 1. The number of nitrogens with zero attached hydrogens (tertiary/aromatic N) is 1. The summed E-state index contributed by atoms with van der Waals surface area (Å²) in [6, 6.07) is 7.59. The van der Waals surface area contributed by atoms with Crippen molar-refractivity contribution in [3.05, 3.63) is 66.0 Å². The fourth-order valence-corrected chi connectivity index (χ4v) is 3.01. The molecule has 3 rings (SSSR count). The normalized spacial score (nSPS) is 16.4. The number of H-pyrrole nitrogens is 1. The van der Waals surface area contributed by atoms with E-state index in [1.807, 2.05) is 24.3 Å². The number of nitrogens with one attached hydrogen (secondary N) is 1. The number of rotatable bonds is 6. The third-order valence-electron chi connectivity index (χ3n) is 4.37. The zero-order valence-electron chi connectivity index (χ0n) is 17.2. The second-order valence-electron chi connectivity index (χ2n) is 5.98. The average molecular weight is 368 g/mol. The van der Waals surface area contributed by atoms with Gasteiger partial charge in [-0.3, -0.25) is 0 Å². The minimum Gasteiger partial charge on any atom is -0.465 e. The maximum atomic E-state index is 12.0. The first-order valence-electron chi connectivity index (χ1n) is 9.41. The van der Waals surface area contributed by atoms with Crippen LogP contribution in [-0.2, 0) is 25.5 Å². The SMILES string of the molecule is [2H]C1([2H])C=CC(C(=O)OC)=CN1CCc1c(C(=C)C(=O)OC)[nH]c2ccccc12. The molecule has 0 atom stereocenters. The molecule has 2 aromatic rings. The minimum atomic E-state index is -1.76. The van der Waals surface area contributed by atoms with Crippen LogP contribution in [0.25, 0.3) is 16.5 Å². The number of hydrogen-bond donors (Lipinski definition) is 1. The van der Waals surface area contributed by atoms with E-state index in [9.17, 15) is 9.59 Å². The molecule has 0 saturated heterocycles. The summed E-state index contributed by atoms with van der Waals surface area (Å²) in [4.78, 5) is 28.5. The van der Waals surface area contributed by atoms with Gasteiger partial charge in [0.15, 0.2) is 0 Å². The molecule has 0 fully saturated rings. The van der Waals surface area contributed by atoms with Crippen molar-refractivity contribution >= 4 is 28.4 Å². The van der Waals surface area contributed by atoms with Crippen LogP contribution in [0.4, 0.5) is 0 Å². The molecule has 0 unspecified atom stereocenters. The van der Waals surface area contributed by atoms with Gasteiger partial charge in [0.05, 0.1) is 33.8 Å². The maximum absolute atomic E-state index is 12.0. The minimum absolute atomic E-state index is 0.200. The van der Waals surface area contributed by atoms with Gasteiger partial charge in [0.1, 0.15) is 0 Å². The molecule has 1 aromatic heterocycles. The first kappa shape index (κ1) is 15.9. The van der Waals surface area contributed by atoms with E-state index in [1.54, 1.807) is 0 Å².